The number of hydrogen-bond acceptors (Lipinski definition) is 6. The van der Waals surface area contributed by atoms with E-state index in [1.807, 2.05) is 37.2 Å². The van der Waals surface area contributed by atoms with Crippen molar-refractivity contribution in [3.05, 3.63) is 41.2 Å². The van der Waals surface area contributed by atoms with E-state index in [1.165, 1.54) is 22.0 Å². The van der Waals surface area contributed by atoms with Gasteiger partial charge in [0.1, 0.15) is 0 Å². The minimum absolute atomic E-state index is 0.0985. The highest BCUT2D eigenvalue weighted by Gasteiger charge is 2.55. The first-order valence-electron chi connectivity index (χ1n) is 7.94. The van der Waals surface area contributed by atoms with Crippen molar-refractivity contribution in [3.8, 4) is 0 Å². The molecule has 0 unspecified atom stereocenters. The van der Waals surface area contributed by atoms with Gasteiger partial charge in [0.15, 0.2) is 5.82 Å². The standard InChI is InChI=1S/C17H18N4O2S/c1-20(2)16-18-13(19-24-16)10-21-14(22)9-17(15(21)23)8-7-11-5-3-4-6-12(11)17/h3-6H,7-10H2,1-2H3/t17-/m1/s1. The Morgan fingerprint density at radius 2 is 2.08 bits per heavy atom. The minimum Gasteiger partial charge on any atom is -0.353 e. The maximum absolute atomic E-state index is 13.1. The summed E-state index contributed by atoms with van der Waals surface area (Å²) in [7, 11) is 3.78. The number of likely N-dealkylation sites (tertiary alicyclic amines) is 1. The van der Waals surface area contributed by atoms with Gasteiger partial charge < -0.3 is 4.90 Å². The fourth-order valence-electron chi connectivity index (χ4n) is 3.69. The summed E-state index contributed by atoms with van der Waals surface area (Å²) >= 11 is 1.27. The summed E-state index contributed by atoms with van der Waals surface area (Å²) in [6.07, 6.45) is 1.82. The predicted molar refractivity (Wildman–Crippen MR) is 90.9 cm³/mol. The van der Waals surface area contributed by atoms with Gasteiger partial charge in [0, 0.05) is 32.0 Å². The molecule has 1 saturated heterocycles. The van der Waals surface area contributed by atoms with E-state index in [-0.39, 0.29) is 24.8 Å². The molecule has 124 valence electrons. The molecule has 0 radical (unpaired) electrons. The summed E-state index contributed by atoms with van der Waals surface area (Å²) in [6.45, 7) is 0.159. The van der Waals surface area contributed by atoms with Gasteiger partial charge in [-0.15, -0.1) is 0 Å². The molecule has 2 aromatic rings. The molecule has 0 bridgehead atoms. The summed E-state index contributed by atoms with van der Waals surface area (Å²) in [5.41, 5.74) is 1.53. The number of amides is 2. The van der Waals surface area contributed by atoms with Crippen molar-refractivity contribution in [1.29, 1.82) is 0 Å². The number of aryl methyl sites for hydroxylation is 1. The molecule has 24 heavy (non-hydrogen) atoms. The third-order valence-corrected chi connectivity index (χ3v) is 5.82. The Morgan fingerprint density at radius 1 is 1.29 bits per heavy atom. The average Bonchev–Trinajstić information content (AvgIpc) is 3.23. The van der Waals surface area contributed by atoms with E-state index in [0.29, 0.717) is 12.2 Å². The molecule has 2 amide bonds. The molecule has 6 nitrogen and oxygen atoms in total. The molecule has 7 heteroatoms. The van der Waals surface area contributed by atoms with Gasteiger partial charge >= 0.3 is 0 Å². The van der Waals surface area contributed by atoms with E-state index in [1.54, 1.807) is 0 Å². The fourth-order valence-corrected chi connectivity index (χ4v) is 4.28. The summed E-state index contributed by atoms with van der Waals surface area (Å²) in [4.78, 5) is 33.2. The van der Waals surface area contributed by atoms with Crippen LogP contribution in [0.4, 0.5) is 5.13 Å². The zero-order valence-corrected chi connectivity index (χ0v) is 14.5. The van der Waals surface area contributed by atoms with Crippen LogP contribution in [-0.4, -0.2) is 40.2 Å². The first-order chi connectivity index (χ1) is 11.5. The smallest absolute Gasteiger partial charge is 0.240 e. The van der Waals surface area contributed by atoms with E-state index in [9.17, 15) is 9.59 Å². The van der Waals surface area contributed by atoms with E-state index < -0.39 is 5.41 Å². The Kier molecular flexibility index (Phi) is 3.42. The molecule has 1 aromatic heterocycles. The lowest BCUT2D eigenvalue weighted by molar-refractivity contribution is -0.140. The number of aromatic nitrogens is 2. The van der Waals surface area contributed by atoms with Crippen molar-refractivity contribution in [1.82, 2.24) is 14.3 Å². The van der Waals surface area contributed by atoms with Gasteiger partial charge in [0.05, 0.1) is 12.0 Å². The summed E-state index contributed by atoms with van der Waals surface area (Å²) in [5.74, 6) is 0.297. The quantitative estimate of drug-likeness (QED) is 0.795. The van der Waals surface area contributed by atoms with Gasteiger partial charge in [-0.1, -0.05) is 24.3 Å². The molecule has 1 fully saturated rings. The molecule has 1 spiro atoms. The van der Waals surface area contributed by atoms with Crippen LogP contribution in [0, 0.1) is 0 Å². The number of carbonyl (C=O) groups excluding carboxylic acids is 2. The Morgan fingerprint density at radius 3 is 2.83 bits per heavy atom. The second-order valence-corrected chi connectivity index (χ2v) is 7.32. The van der Waals surface area contributed by atoms with Crippen LogP contribution in [0.5, 0.6) is 0 Å². The van der Waals surface area contributed by atoms with E-state index in [4.69, 9.17) is 0 Å². The molecule has 1 aliphatic carbocycles. The van der Waals surface area contributed by atoms with Crippen molar-refractivity contribution in [3.63, 3.8) is 0 Å². The number of hydrogen-bond donors (Lipinski definition) is 0. The molecular formula is C17H18N4O2S. The zero-order valence-electron chi connectivity index (χ0n) is 13.7. The Bertz CT molecular complexity index is 832. The van der Waals surface area contributed by atoms with Crippen LogP contribution >= 0.6 is 11.5 Å². The van der Waals surface area contributed by atoms with Crippen LogP contribution < -0.4 is 4.90 Å². The van der Waals surface area contributed by atoms with Gasteiger partial charge in [0.25, 0.3) is 0 Å². The van der Waals surface area contributed by atoms with Crippen LogP contribution in [0.1, 0.15) is 29.8 Å². The topological polar surface area (TPSA) is 66.4 Å². The van der Waals surface area contributed by atoms with Gasteiger partial charge in [-0.2, -0.15) is 4.37 Å². The number of rotatable bonds is 3. The van der Waals surface area contributed by atoms with Gasteiger partial charge in [0.2, 0.25) is 16.9 Å². The zero-order chi connectivity index (χ0) is 16.9. The Hall–Kier alpha value is -2.28. The van der Waals surface area contributed by atoms with Crippen LogP contribution in [0.25, 0.3) is 0 Å². The van der Waals surface area contributed by atoms with Gasteiger partial charge in [-0.05, 0) is 24.0 Å². The molecule has 1 aliphatic heterocycles. The number of carbonyl (C=O) groups is 2. The van der Waals surface area contributed by atoms with Gasteiger partial charge in [-0.25, -0.2) is 4.98 Å². The highest BCUT2D eigenvalue weighted by Crippen LogP contribution is 2.47. The monoisotopic (exact) mass is 342 g/mol. The molecule has 4 rings (SSSR count). The molecular weight excluding hydrogens is 324 g/mol. The van der Waals surface area contributed by atoms with E-state index >= 15 is 0 Å². The lowest BCUT2D eigenvalue weighted by atomic mass is 9.80. The maximum atomic E-state index is 13.1. The molecule has 2 heterocycles. The average molecular weight is 342 g/mol. The number of benzene rings is 1. The molecule has 1 aromatic carbocycles. The summed E-state index contributed by atoms with van der Waals surface area (Å²) in [5, 5.41) is 0.769. The third kappa shape index (κ3) is 2.15. The largest absolute Gasteiger partial charge is 0.353 e. The lowest BCUT2D eigenvalue weighted by Gasteiger charge is -2.22. The Labute approximate surface area is 144 Å². The van der Waals surface area contributed by atoms with Crippen molar-refractivity contribution in [2.75, 3.05) is 19.0 Å². The van der Waals surface area contributed by atoms with Crippen LogP contribution in [-0.2, 0) is 28.0 Å². The van der Waals surface area contributed by atoms with E-state index in [2.05, 4.69) is 15.4 Å². The van der Waals surface area contributed by atoms with Crippen LogP contribution in [0.2, 0.25) is 0 Å². The molecule has 0 N–H and O–H groups in total. The minimum atomic E-state index is -0.673. The SMILES string of the molecule is CN(C)c1nc(CN2C(=O)C[C@@]3(CCc4ccccc43)C2=O)ns1. The fraction of sp³-hybridized carbons (Fsp3) is 0.412. The Balaban J connectivity index is 1.63. The van der Waals surface area contributed by atoms with Crippen molar-refractivity contribution < 1.29 is 9.59 Å². The first kappa shape index (κ1) is 15.3. The number of fused-ring (bicyclic) bond motifs is 2. The predicted octanol–water partition coefficient (Wildman–Crippen LogP) is 1.75. The highest BCUT2D eigenvalue weighted by atomic mass is 32.1. The van der Waals surface area contributed by atoms with E-state index in [0.717, 1.165) is 17.1 Å². The van der Waals surface area contributed by atoms with Crippen LogP contribution in [0.3, 0.4) is 0 Å². The van der Waals surface area contributed by atoms with Crippen molar-refractivity contribution in [2.45, 2.75) is 31.2 Å². The number of nitrogens with zero attached hydrogens (tertiary/aromatic N) is 4. The normalized spacial score (nSPS) is 22.5. The first-order valence-corrected chi connectivity index (χ1v) is 8.72. The second-order valence-electron chi connectivity index (χ2n) is 6.59. The molecule has 0 saturated carbocycles. The molecule has 2 aliphatic rings. The number of imide groups is 1. The van der Waals surface area contributed by atoms with Gasteiger partial charge in [-0.3, -0.25) is 14.5 Å². The van der Waals surface area contributed by atoms with Crippen LogP contribution in [0.15, 0.2) is 24.3 Å². The summed E-state index contributed by atoms with van der Waals surface area (Å²) in [6, 6.07) is 7.97. The third-order valence-electron chi connectivity index (χ3n) is 4.90. The van der Waals surface area contributed by atoms with Crippen molar-refractivity contribution in [2.24, 2.45) is 0 Å². The maximum Gasteiger partial charge on any atom is 0.240 e. The highest BCUT2D eigenvalue weighted by molar-refractivity contribution is 7.09. The van der Waals surface area contributed by atoms with Crippen molar-refractivity contribution >= 4 is 28.5 Å². The molecule has 1 atom stereocenters. The summed E-state index contributed by atoms with van der Waals surface area (Å²) < 4.78 is 4.27. The second kappa shape index (κ2) is 5.37. The number of anilines is 1. The lowest BCUT2D eigenvalue weighted by Crippen LogP contribution is -2.37.